The molecule has 3 aromatic rings. The van der Waals surface area contributed by atoms with Gasteiger partial charge in [-0.15, -0.1) is 0 Å². The summed E-state index contributed by atoms with van der Waals surface area (Å²) in [6, 6.07) is 12.2. The van der Waals surface area contributed by atoms with Gasteiger partial charge in [0.05, 0.1) is 18.2 Å². The summed E-state index contributed by atoms with van der Waals surface area (Å²) in [5.41, 5.74) is 5.50. The number of benzene rings is 1. The Bertz CT molecular complexity index is 1130. The molecule has 0 radical (unpaired) electrons. The molecule has 0 bridgehead atoms. The van der Waals surface area contributed by atoms with Crippen molar-refractivity contribution in [1.29, 1.82) is 0 Å². The zero-order valence-electron chi connectivity index (χ0n) is 19.6. The first-order valence-corrected chi connectivity index (χ1v) is 11.8. The van der Waals surface area contributed by atoms with E-state index in [0.29, 0.717) is 25.3 Å². The number of pyridine rings is 1. The number of esters is 1. The first-order valence-electron chi connectivity index (χ1n) is 11.8. The summed E-state index contributed by atoms with van der Waals surface area (Å²) in [6.45, 7) is 8.45. The average molecular weight is 449 g/mol. The SMILES string of the molecule is CCOC(=O)C1CCN(c2ccc(CNC(=O)c3c(CC)nc4cc(C)ccn34)cc2)CC1. The van der Waals surface area contributed by atoms with Crippen LogP contribution in [0, 0.1) is 12.8 Å². The summed E-state index contributed by atoms with van der Waals surface area (Å²) in [7, 11) is 0. The number of piperidine rings is 1. The Morgan fingerprint density at radius 2 is 1.85 bits per heavy atom. The number of carbonyl (C=O) groups excluding carboxylic acids is 2. The summed E-state index contributed by atoms with van der Waals surface area (Å²) in [5, 5.41) is 3.05. The van der Waals surface area contributed by atoms with Crippen molar-refractivity contribution in [3.63, 3.8) is 0 Å². The number of hydrogen-bond acceptors (Lipinski definition) is 5. The predicted octanol–water partition coefficient (Wildman–Crippen LogP) is 3.91. The highest BCUT2D eigenvalue weighted by atomic mass is 16.5. The van der Waals surface area contributed by atoms with E-state index < -0.39 is 0 Å². The van der Waals surface area contributed by atoms with Gasteiger partial charge in [0.2, 0.25) is 0 Å². The largest absolute Gasteiger partial charge is 0.466 e. The normalized spacial score (nSPS) is 14.5. The van der Waals surface area contributed by atoms with Gasteiger partial charge in [0.1, 0.15) is 11.3 Å². The van der Waals surface area contributed by atoms with Gasteiger partial charge in [0.25, 0.3) is 5.91 Å². The number of amides is 1. The maximum absolute atomic E-state index is 13.0. The van der Waals surface area contributed by atoms with Crippen LogP contribution in [-0.2, 0) is 22.5 Å². The van der Waals surface area contributed by atoms with E-state index in [4.69, 9.17) is 4.74 Å². The quantitative estimate of drug-likeness (QED) is 0.555. The minimum Gasteiger partial charge on any atom is -0.466 e. The van der Waals surface area contributed by atoms with Crippen molar-refractivity contribution in [3.05, 3.63) is 65.1 Å². The molecule has 7 nitrogen and oxygen atoms in total. The molecule has 0 unspecified atom stereocenters. The number of aryl methyl sites for hydroxylation is 2. The number of nitrogens with one attached hydrogen (secondary N) is 1. The molecule has 1 saturated heterocycles. The molecule has 7 heteroatoms. The molecule has 1 aliphatic heterocycles. The molecule has 2 aromatic heterocycles. The number of nitrogens with zero attached hydrogens (tertiary/aromatic N) is 3. The van der Waals surface area contributed by atoms with E-state index in [-0.39, 0.29) is 17.8 Å². The number of anilines is 1. The summed E-state index contributed by atoms with van der Waals surface area (Å²) >= 11 is 0. The monoisotopic (exact) mass is 448 g/mol. The number of ether oxygens (including phenoxy) is 1. The van der Waals surface area contributed by atoms with Gasteiger partial charge < -0.3 is 15.0 Å². The number of aromatic nitrogens is 2. The fourth-order valence-electron chi connectivity index (χ4n) is 4.41. The van der Waals surface area contributed by atoms with Gasteiger partial charge in [-0.25, -0.2) is 4.98 Å². The molecule has 4 rings (SSSR count). The lowest BCUT2D eigenvalue weighted by molar-refractivity contribution is -0.148. The molecule has 1 fully saturated rings. The van der Waals surface area contributed by atoms with Crippen LogP contribution in [0.5, 0.6) is 0 Å². The molecule has 3 heterocycles. The van der Waals surface area contributed by atoms with Gasteiger partial charge in [-0.1, -0.05) is 19.1 Å². The third-order valence-electron chi connectivity index (χ3n) is 6.27. The van der Waals surface area contributed by atoms with Crippen molar-refractivity contribution in [2.45, 2.75) is 46.6 Å². The Hall–Kier alpha value is -3.35. The molecule has 1 amide bonds. The first kappa shape index (κ1) is 22.8. The Labute approximate surface area is 194 Å². The van der Waals surface area contributed by atoms with E-state index in [9.17, 15) is 9.59 Å². The van der Waals surface area contributed by atoms with Gasteiger partial charge in [-0.2, -0.15) is 0 Å². The van der Waals surface area contributed by atoms with Crippen molar-refractivity contribution >= 4 is 23.2 Å². The third-order valence-corrected chi connectivity index (χ3v) is 6.27. The Morgan fingerprint density at radius 1 is 1.12 bits per heavy atom. The van der Waals surface area contributed by atoms with E-state index in [1.165, 1.54) is 0 Å². The van der Waals surface area contributed by atoms with Crippen molar-refractivity contribution in [1.82, 2.24) is 14.7 Å². The molecule has 1 aliphatic rings. The lowest BCUT2D eigenvalue weighted by Gasteiger charge is -2.32. The van der Waals surface area contributed by atoms with Gasteiger partial charge in [0.15, 0.2) is 0 Å². The van der Waals surface area contributed by atoms with E-state index in [1.807, 2.05) is 55.6 Å². The molecule has 0 spiro atoms. The van der Waals surface area contributed by atoms with Crippen LogP contribution in [0.25, 0.3) is 5.65 Å². The summed E-state index contributed by atoms with van der Waals surface area (Å²) < 4.78 is 7.02. The molecule has 0 aliphatic carbocycles. The number of fused-ring (bicyclic) bond motifs is 1. The standard InChI is InChI=1S/C26H32N4O3/c1-4-22-24(30-15-10-18(3)16-23(30)28-22)25(31)27-17-19-6-8-21(9-7-19)29-13-11-20(12-14-29)26(32)33-5-2/h6-10,15-16,20H,4-5,11-14,17H2,1-3H3,(H,27,31). The van der Waals surface area contributed by atoms with Crippen LogP contribution in [0.4, 0.5) is 5.69 Å². The Morgan fingerprint density at radius 3 is 2.52 bits per heavy atom. The molecule has 174 valence electrons. The van der Waals surface area contributed by atoms with Crippen LogP contribution < -0.4 is 10.2 Å². The maximum atomic E-state index is 13.0. The van der Waals surface area contributed by atoms with Crippen LogP contribution in [0.15, 0.2) is 42.6 Å². The lowest BCUT2D eigenvalue weighted by Crippen LogP contribution is -2.37. The van der Waals surface area contributed by atoms with Crippen LogP contribution >= 0.6 is 0 Å². The van der Waals surface area contributed by atoms with Crippen molar-refractivity contribution in [2.24, 2.45) is 5.92 Å². The third kappa shape index (κ3) is 5.02. The van der Waals surface area contributed by atoms with Gasteiger partial charge in [0, 0.05) is 31.5 Å². The fraction of sp³-hybridized carbons (Fsp3) is 0.423. The second kappa shape index (κ2) is 10.1. The molecule has 0 atom stereocenters. The van der Waals surface area contributed by atoms with Gasteiger partial charge in [-0.05, 0) is 68.5 Å². The zero-order chi connectivity index (χ0) is 23.4. The van der Waals surface area contributed by atoms with Crippen molar-refractivity contribution < 1.29 is 14.3 Å². The fourth-order valence-corrected chi connectivity index (χ4v) is 4.41. The topological polar surface area (TPSA) is 75.9 Å². The predicted molar refractivity (Wildman–Crippen MR) is 128 cm³/mol. The number of rotatable bonds is 7. The average Bonchev–Trinajstić information content (AvgIpc) is 3.21. The molecule has 0 saturated carbocycles. The molecule has 33 heavy (non-hydrogen) atoms. The van der Waals surface area contributed by atoms with Crippen molar-refractivity contribution in [3.8, 4) is 0 Å². The maximum Gasteiger partial charge on any atom is 0.309 e. The Balaban J connectivity index is 1.36. The smallest absolute Gasteiger partial charge is 0.309 e. The second-order valence-corrected chi connectivity index (χ2v) is 8.56. The highest BCUT2D eigenvalue weighted by Crippen LogP contribution is 2.24. The van der Waals surface area contributed by atoms with E-state index in [0.717, 1.165) is 54.1 Å². The van der Waals surface area contributed by atoms with Crippen molar-refractivity contribution in [2.75, 3.05) is 24.6 Å². The van der Waals surface area contributed by atoms with Gasteiger partial charge >= 0.3 is 5.97 Å². The molecule has 1 aromatic carbocycles. The van der Waals surface area contributed by atoms with E-state index in [1.54, 1.807) is 0 Å². The summed E-state index contributed by atoms with van der Waals surface area (Å²) in [4.78, 5) is 31.9. The van der Waals surface area contributed by atoms with E-state index >= 15 is 0 Å². The van der Waals surface area contributed by atoms with Crippen LogP contribution in [0.1, 0.15) is 54.0 Å². The lowest BCUT2D eigenvalue weighted by atomic mass is 9.96. The number of carbonyl (C=O) groups is 2. The minimum atomic E-state index is -0.117. The zero-order valence-corrected chi connectivity index (χ0v) is 19.6. The van der Waals surface area contributed by atoms with Gasteiger partial charge in [-0.3, -0.25) is 14.0 Å². The Kier molecular flexibility index (Phi) is 6.96. The molecule has 1 N–H and O–H groups in total. The second-order valence-electron chi connectivity index (χ2n) is 8.56. The summed E-state index contributed by atoms with van der Waals surface area (Å²) in [6.07, 6.45) is 4.24. The highest BCUT2D eigenvalue weighted by Gasteiger charge is 2.26. The molecular formula is C26H32N4O3. The van der Waals surface area contributed by atoms with Crippen LogP contribution in [0.3, 0.4) is 0 Å². The van der Waals surface area contributed by atoms with E-state index in [2.05, 4.69) is 27.3 Å². The summed E-state index contributed by atoms with van der Waals surface area (Å²) in [5.74, 6) is -0.184. The highest BCUT2D eigenvalue weighted by molar-refractivity contribution is 5.94. The first-order chi connectivity index (χ1) is 16.0. The minimum absolute atomic E-state index is 0.00670. The van der Waals surface area contributed by atoms with Crippen LogP contribution in [-0.4, -0.2) is 41.0 Å². The number of hydrogen-bond donors (Lipinski definition) is 1. The number of imidazole rings is 1. The molecular weight excluding hydrogens is 416 g/mol. The van der Waals surface area contributed by atoms with Crippen LogP contribution in [0.2, 0.25) is 0 Å².